The van der Waals surface area contributed by atoms with Crippen LogP contribution >= 0.6 is 0 Å². The van der Waals surface area contributed by atoms with Crippen molar-refractivity contribution in [3.63, 3.8) is 0 Å². The third-order valence-corrected chi connectivity index (χ3v) is 2.09. The van der Waals surface area contributed by atoms with Crippen LogP contribution in [0.2, 0.25) is 0 Å². The summed E-state index contributed by atoms with van der Waals surface area (Å²) in [5.74, 6) is 0.271. The maximum Gasteiger partial charge on any atom is 0.163 e. The first-order chi connectivity index (χ1) is 5.41. The Morgan fingerprint density at radius 3 is 2.33 bits per heavy atom. The molecule has 0 spiro atoms. The topological polar surface area (TPSA) is 17.1 Å². The zero-order valence-corrected chi connectivity index (χ0v) is 8.27. The fourth-order valence-electron chi connectivity index (χ4n) is 1.37. The van der Waals surface area contributed by atoms with Crippen LogP contribution in [0.4, 0.5) is 0 Å². The molecule has 0 fully saturated rings. The van der Waals surface area contributed by atoms with Crippen LogP contribution in [0.15, 0.2) is 23.3 Å². The van der Waals surface area contributed by atoms with Gasteiger partial charge in [-0.1, -0.05) is 38.5 Å². The summed E-state index contributed by atoms with van der Waals surface area (Å²) >= 11 is 0. The van der Waals surface area contributed by atoms with Crippen molar-refractivity contribution in [3.05, 3.63) is 23.3 Å². The van der Waals surface area contributed by atoms with Crippen molar-refractivity contribution in [1.82, 2.24) is 0 Å². The smallest absolute Gasteiger partial charge is 0.163 e. The lowest BCUT2D eigenvalue weighted by atomic mass is 9.80. The molecule has 0 saturated heterocycles. The standard InChI is InChI=1S/C11H16O/c1-8-5-6-10(12)9(7-8)11(2,3)4/h5,7H,6H2,1-4H3. The lowest BCUT2D eigenvalue weighted by Gasteiger charge is -2.23. The molecular formula is C11H16O. The molecule has 0 aliphatic heterocycles. The average Bonchev–Trinajstić information content (AvgIpc) is 1.92. The van der Waals surface area contributed by atoms with E-state index in [2.05, 4.69) is 20.8 Å². The van der Waals surface area contributed by atoms with Gasteiger partial charge in [-0.25, -0.2) is 0 Å². The van der Waals surface area contributed by atoms with Gasteiger partial charge in [-0.15, -0.1) is 0 Å². The van der Waals surface area contributed by atoms with E-state index in [9.17, 15) is 4.79 Å². The second kappa shape index (κ2) is 2.89. The molecule has 1 aliphatic rings. The van der Waals surface area contributed by atoms with Crippen LogP contribution in [0.25, 0.3) is 0 Å². The summed E-state index contributed by atoms with van der Waals surface area (Å²) < 4.78 is 0. The van der Waals surface area contributed by atoms with E-state index in [1.165, 1.54) is 5.57 Å². The Labute approximate surface area is 74.2 Å². The van der Waals surface area contributed by atoms with Gasteiger partial charge in [-0.05, 0) is 12.3 Å². The molecule has 0 saturated carbocycles. The molecule has 1 rings (SSSR count). The van der Waals surface area contributed by atoms with Gasteiger partial charge in [0, 0.05) is 12.0 Å². The molecule has 0 amide bonds. The van der Waals surface area contributed by atoms with Crippen LogP contribution in [0.1, 0.15) is 34.1 Å². The molecule has 0 unspecified atom stereocenters. The summed E-state index contributed by atoms with van der Waals surface area (Å²) in [6.07, 6.45) is 4.57. The molecule has 0 heterocycles. The molecule has 0 bridgehead atoms. The van der Waals surface area contributed by atoms with Crippen LogP contribution in [0, 0.1) is 5.41 Å². The molecule has 66 valence electrons. The highest BCUT2D eigenvalue weighted by Gasteiger charge is 2.24. The first-order valence-electron chi connectivity index (χ1n) is 4.33. The molecule has 0 aromatic heterocycles. The minimum atomic E-state index is -0.00734. The third kappa shape index (κ3) is 1.84. The number of allylic oxidation sites excluding steroid dienone is 4. The van der Waals surface area contributed by atoms with Crippen molar-refractivity contribution in [2.75, 3.05) is 0 Å². The second-order valence-corrected chi connectivity index (χ2v) is 4.38. The highest BCUT2D eigenvalue weighted by molar-refractivity contribution is 5.99. The zero-order valence-electron chi connectivity index (χ0n) is 8.27. The van der Waals surface area contributed by atoms with Crippen LogP contribution in [-0.2, 0) is 4.79 Å². The number of Topliss-reactive ketones (excluding diaryl/α,β-unsaturated/α-hetero) is 1. The van der Waals surface area contributed by atoms with Gasteiger partial charge in [-0.2, -0.15) is 0 Å². The fraction of sp³-hybridized carbons (Fsp3) is 0.545. The Hall–Kier alpha value is -0.850. The number of carbonyl (C=O) groups is 1. The van der Waals surface area contributed by atoms with Gasteiger partial charge in [-0.3, -0.25) is 4.79 Å². The van der Waals surface area contributed by atoms with E-state index in [-0.39, 0.29) is 11.2 Å². The zero-order chi connectivity index (χ0) is 9.35. The molecule has 1 aliphatic carbocycles. The Bertz CT molecular complexity index is 261. The fourth-order valence-corrected chi connectivity index (χ4v) is 1.37. The van der Waals surface area contributed by atoms with Gasteiger partial charge in [0.25, 0.3) is 0 Å². The Morgan fingerprint density at radius 2 is 1.92 bits per heavy atom. The molecule has 0 atom stereocenters. The van der Waals surface area contributed by atoms with Crippen LogP contribution < -0.4 is 0 Å². The van der Waals surface area contributed by atoms with Crippen LogP contribution in [0.5, 0.6) is 0 Å². The maximum atomic E-state index is 11.5. The molecule has 1 heteroatoms. The maximum absolute atomic E-state index is 11.5. The molecular weight excluding hydrogens is 148 g/mol. The van der Waals surface area contributed by atoms with E-state index in [0.29, 0.717) is 6.42 Å². The summed E-state index contributed by atoms with van der Waals surface area (Å²) in [5, 5.41) is 0. The molecule has 12 heavy (non-hydrogen) atoms. The highest BCUT2D eigenvalue weighted by atomic mass is 16.1. The summed E-state index contributed by atoms with van der Waals surface area (Å²) in [5.41, 5.74) is 2.16. The van der Waals surface area contributed by atoms with Crippen molar-refractivity contribution < 1.29 is 4.79 Å². The molecule has 0 N–H and O–H groups in total. The first-order valence-corrected chi connectivity index (χ1v) is 4.33. The quantitative estimate of drug-likeness (QED) is 0.538. The van der Waals surface area contributed by atoms with Gasteiger partial charge in [0.2, 0.25) is 0 Å². The number of hydrogen-bond acceptors (Lipinski definition) is 1. The van der Waals surface area contributed by atoms with Crippen molar-refractivity contribution in [1.29, 1.82) is 0 Å². The van der Waals surface area contributed by atoms with E-state index in [4.69, 9.17) is 0 Å². The summed E-state index contributed by atoms with van der Waals surface area (Å²) in [4.78, 5) is 11.5. The van der Waals surface area contributed by atoms with Gasteiger partial charge < -0.3 is 0 Å². The lowest BCUT2D eigenvalue weighted by molar-refractivity contribution is -0.115. The monoisotopic (exact) mass is 164 g/mol. The lowest BCUT2D eigenvalue weighted by Crippen LogP contribution is -2.19. The summed E-state index contributed by atoms with van der Waals surface area (Å²) in [7, 11) is 0. The minimum absolute atomic E-state index is 0.00734. The molecule has 0 aromatic carbocycles. The third-order valence-electron chi connectivity index (χ3n) is 2.09. The predicted octanol–water partition coefficient (Wildman–Crippen LogP) is 2.88. The van der Waals surface area contributed by atoms with Crippen molar-refractivity contribution in [2.24, 2.45) is 5.41 Å². The summed E-state index contributed by atoms with van der Waals surface area (Å²) in [6.45, 7) is 8.28. The Balaban J connectivity index is 3.02. The predicted molar refractivity (Wildman–Crippen MR) is 50.9 cm³/mol. The van der Waals surface area contributed by atoms with Gasteiger partial charge >= 0.3 is 0 Å². The average molecular weight is 164 g/mol. The molecule has 1 nitrogen and oxygen atoms in total. The second-order valence-electron chi connectivity index (χ2n) is 4.38. The van der Waals surface area contributed by atoms with Crippen molar-refractivity contribution in [2.45, 2.75) is 34.1 Å². The van der Waals surface area contributed by atoms with E-state index >= 15 is 0 Å². The number of carbonyl (C=O) groups excluding carboxylic acids is 1. The van der Waals surface area contributed by atoms with Crippen molar-refractivity contribution in [3.8, 4) is 0 Å². The Kier molecular flexibility index (Phi) is 2.22. The van der Waals surface area contributed by atoms with Crippen LogP contribution in [-0.4, -0.2) is 5.78 Å². The number of ketones is 1. The normalized spacial score (nSPS) is 18.8. The minimum Gasteiger partial charge on any atom is -0.294 e. The largest absolute Gasteiger partial charge is 0.294 e. The molecule has 0 radical (unpaired) electrons. The van der Waals surface area contributed by atoms with Gasteiger partial charge in [0.05, 0.1) is 0 Å². The van der Waals surface area contributed by atoms with E-state index in [1.54, 1.807) is 0 Å². The van der Waals surface area contributed by atoms with Crippen LogP contribution in [0.3, 0.4) is 0 Å². The number of hydrogen-bond donors (Lipinski definition) is 0. The highest BCUT2D eigenvalue weighted by Crippen LogP contribution is 2.30. The molecule has 0 aromatic rings. The van der Waals surface area contributed by atoms with Gasteiger partial charge in [0.1, 0.15) is 0 Å². The van der Waals surface area contributed by atoms with Crippen molar-refractivity contribution >= 4 is 5.78 Å². The SMILES string of the molecule is CC1=CCC(=O)C(C(C)(C)C)=C1. The first kappa shape index (κ1) is 9.24. The van der Waals surface area contributed by atoms with Gasteiger partial charge in [0.15, 0.2) is 5.78 Å². The van der Waals surface area contributed by atoms with E-state index < -0.39 is 0 Å². The Morgan fingerprint density at radius 1 is 1.33 bits per heavy atom. The number of rotatable bonds is 0. The van der Waals surface area contributed by atoms with E-state index in [1.807, 2.05) is 19.1 Å². The summed E-state index contributed by atoms with van der Waals surface area (Å²) in [6, 6.07) is 0. The van der Waals surface area contributed by atoms with E-state index in [0.717, 1.165) is 5.57 Å².